The molecule has 2 amide bonds. The summed E-state index contributed by atoms with van der Waals surface area (Å²) in [4.78, 5) is 26.3. The molecule has 1 unspecified atom stereocenters. The number of hydrogen-bond acceptors (Lipinski definition) is 2. The van der Waals surface area contributed by atoms with Crippen molar-refractivity contribution in [3.05, 3.63) is 0 Å². The molecule has 0 aromatic carbocycles. The minimum Gasteiger partial charge on any atom is -0.342 e. The first-order valence-corrected chi connectivity index (χ1v) is 7.62. The Bertz CT molecular complexity index is 361. The number of amides is 2. The lowest BCUT2D eigenvalue weighted by atomic mass is 9.82. The van der Waals surface area contributed by atoms with Gasteiger partial charge >= 0.3 is 0 Å². The van der Waals surface area contributed by atoms with Crippen molar-refractivity contribution < 1.29 is 9.59 Å². The minimum absolute atomic E-state index is 0.0456. The first kappa shape index (κ1) is 17.0. The van der Waals surface area contributed by atoms with E-state index < -0.39 is 6.04 Å². The van der Waals surface area contributed by atoms with Gasteiger partial charge in [-0.05, 0) is 23.2 Å². The fraction of sp³-hybridized carbons (Fsp3) is 0.875. The summed E-state index contributed by atoms with van der Waals surface area (Å²) < 4.78 is 0. The van der Waals surface area contributed by atoms with E-state index in [2.05, 4.69) is 33.0 Å². The standard InChI is InChI=1S/C16H30N2O2/c1-10(2)12(11(3)4)8-18-9-13(19)17-14(15(18)20)16(5,6)7/h10-12,14H,8-9H2,1-7H3,(H,17,19). The maximum absolute atomic E-state index is 12.6. The number of carbonyl (C=O) groups is 2. The van der Waals surface area contributed by atoms with Gasteiger partial charge in [0.1, 0.15) is 6.04 Å². The molecule has 4 nitrogen and oxygen atoms in total. The van der Waals surface area contributed by atoms with Gasteiger partial charge < -0.3 is 10.2 Å². The van der Waals surface area contributed by atoms with E-state index in [0.29, 0.717) is 24.3 Å². The van der Waals surface area contributed by atoms with Crippen molar-refractivity contribution in [2.75, 3.05) is 13.1 Å². The Morgan fingerprint density at radius 3 is 2.05 bits per heavy atom. The monoisotopic (exact) mass is 282 g/mol. The average molecular weight is 282 g/mol. The van der Waals surface area contributed by atoms with Crippen LogP contribution in [0.2, 0.25) is 0 Å². The Balaban J connectivity index is 2.88. The summed E-state index contributed by atoms with van der Waals surface area (Å²) in [5, 5.41) is 2.84. The summed E-state index contributed by atoms with van der Waals surface area (Å²) >= 11 is 0. The van der Waals surface area contributed by atoms with Crippen LogP contribution in [0.4, 0.5) is 0 Å². The Morgan fingerprint density at radius 1 is 1.15 bits per heavy atom. The summed E-state index contributed by atoms with van der Waals surface area (Å²) in [5.74, 6) is 1.44. The predicted molar refractivity (Wildman–Crippen MR) is 81.1 cm³/mol. The molecule has 1 N–H and O–H groups in total. The number of piperazine rings is 1. The Hall–Kier alpha value is -1.06. The van der Waals surface area contributed by atoms with Gasteiger partial charge in [-0.1, -0.05) is 48.5 Å². The molecule has 4 heteroatoms. The molecule has 0 radical (unpaired) electrons. The van der Waals surface area contributed by atoms with Crippen molar-refractivity contribution in [3.63, 3.8) is 0 Å². The number of nitrogens with one attached hydrogen (secondary N) is 1. The second kappa shape index (κ2) is 6.15. The molecule has 0 aromatic heterocycles. The lowest BCUT2D eigenvalue weighted by Crippen LogP contribution is -2.63. The highest BCUT2D eigenvalue weighted by molar-refractivity contribution is 5.95. The third-order valence-electron chi connectivity index (χ3n) is 4.21. The molecule has 1 atom stereocenters. The number of nitrogens with zero attached hydrogens (tertiary/aromatic N) is 1. The van der Waals surface area contributed by atoms with Gasteiger partial charge in [-0.15, -0.1) is 0 Å². The van der Waals surface area contributed by atoms with Gasteiger partial charge in [0.05, 0.1) is 6.54 Å². The third kappa shape index (κ3) is 3.97. The van der Waals surface area contributed by atoms with E-state index in [1.165, 1.54) is 0 Å². The molecular weight excluding hydrogens is 252 g/mol. The van der Waals surface area contributed by atoms with Gasteiger partial charge in [0.25, 0.3) is 0 Å². The van der Waals surface area contributed by atoms with Crippen LogP contribution < -0.4 is 5.32 Å². The lowest BCUT2D eigenvalue weighted by molar-refractivity contribution is -0.148. The summed E-state index contributed by atoms with van der Waals surface area (Å²) in [7, 11) is 0. The van der Waals surface area contributed by atoms with Crippen LogP contribution in [0.15, 0.2) is 0 Å². The van der Waals surface area contributed by atoms with Crippen LogP contribution >= 0.6 is 0 Å². The van der Waals surface area contributed by atoms with E-state index >= 15 is 0 Å². The second-order valence-corrected chi connectivity index (χ2v) is 7.74. The van der Waals surface area contributed by atoms with Gasteiger partial charge in [0.15, 0.2) is 0 Å². The Morgan fingerprint density at radius 2 is 1.65 bits per heavy atom. The number of carbonyl (C=O) groups excluding carboxylic acids is 2. The first-order valence-electron chi connectivity index (χ1n) is 7.62. The van der Waals surface area contributed by atoms with E-state index in [1.807, 2.05) is 20.8 Å². The highest BCUT2D eigenvalue weighted by atomic mass is 16.2. The fourth-order valence-electron chi connectivity index (χ4n) is 2.89. The van der Waals surface area contributed by atoms with Crippen LogP contribution in [0.3, 0.4) is 0 Å². The number of hydrogen-bond donors (Lipinski definition) is 1. The van der Waals surface area contributed by atoms with E-state index in [-0.39, 0.29) is 23.8 Å². The van der Waals surface area contributed by atoms with Crippen LogP contribution in [0.25, 0.3) is 0 Å². The Kier molecular flexibility index (Phi) is 5.22. The summed E-state index contributed by atoms with van der Waals surface area (Å²) in [6, 6.07) is -0.413. The lowest BCUT2D eigenvalue weighted by Gasteiger charge is -2.41. The van der Waals surface area contributed by atoms with Gasteiger partial charge in [-0.3, -0.25) is 9.59 Å². The largest absolute Gasteiger partial charge is 0.342 e. The Labute approximate surface area is 123 Å². The van der Waals surface area contributed by atoms with Crippen LogP contribution in [0, 0.1) is 23.2 Å². The van der Waals surface area contributed by atoms with Crippen LogP contribution in [0.1, 0.15) is 48.5 Å². The number of rotatable bonds is 4. The second-order valence-electron chi connectivity index (χ2n) is 7.74. The predicted octanol–water partition coefficient (Wildman–Crippen LogP) is 2.29. The van der Waals surface area contributed by atoms with E-state index in [4.69, 9.17) is 0 Å². The smallest absolute Gasteiger partial charge is 0.246 e. The average Bonchev–Trinajstić information content (AvgIpc) is 2.27. The molecule has 20 heavy (non-hydrogen) atoms. The third-order valence-corrected chi connectivity index (χ3v) is 4.21. The zero-order chi connectivity index (χ0) is 15.7. The normalized spacial score (nSPS) is 21.1. The highest BCUT2D eigenvalue weighted by Gasteiger charge is 2.40. The molecule has 0 spiro atoms. The first-order chi connectivity index (χ1) is 9.04. The maximum atomic E-state index is 12.6. The molecule has 0 aliphatic carbocycles. The van der Waals surface area contributed by atoms with Crippen molar-refractivity contribution in [1.29, 1.82) is 0 Å². The molecule has 1 aliphatic heterocycles. The van der Waals surface area contributed by atoms with Crippen molar-refractivity contribution in [2.24, 2.45) is 23.2 Å². The highest BCUT2D eigenvalue weighted by Crippen LogP contribution is 2.26. The quantitative estimate of drug-likeness (QED) is 0.860. The van der Waals surface area contributed by atoms with Crippen LogP contribution in [0.5, 0.6) is 0 Å². The van der Waals surface area contributed by atoms with Gasteiger partial charge in [0, 0.05) is 6.54 Å². The molecule has 0 bridgehead atoms. The van der Waals surface area contributed by atoms with Crippen LogP contribution in [-0.4, -0.2) is 35.8 Å². The fourth-order valence-corrected chi connectivity index (χ4v) is 2.89. The van der Waals surface area contributed by atoms with Crippen molar-refractivity contribution in [1.82, 2.24) is 10.2 Å². The van der Waals surface area contributed by atoms with Crippen LogP contribution in [-0.2, 0) is 9.59 Å². The summed E-state index contributed by atoms with van der Waals surface area (Å²) in [6.45, 7) is 15.6. The van der Waals surface area contributed by atoms with E-state index in [0.717, 1.165) is 0 Å². The van der Waals surface area contributed by atoms with Crippen molar-refractivity contribution in [3.8, 4) is 0 Å². The van der Waals surface area contributed by atoms with Gasteiger partial charge in [-0.2, -0.15) is 0 Å². The minimum atomic E-state index is -0.413. The molecule has 0 aromatic rings. The molecule has 1 fully saturated rings. The molecular formula is C16H30N2O2. The van der Waals surface area contributed by atoms with E-state index in [1.54, 1.807) is 4.90 Å². The molecule has 1 rings (SSSR count). The van der Waals surface area contributed by atoms with Gasteiger partial charge in [0.2, 0.25) is 11.8 Å². The molecule has 0 saturated carbocycles. The molecule has 116 valence electrons. The maximum Gasteiger partial charge on any atom is 0.246 e. The summed E-state index contributed by atoms with van der Waals surface area (Å²) in [6.07, 6.45) is 0. The van der Waals surface area contributed by atoms with Gasteiger partial charge in [-0.25, -0.2) is 0 Å². The summed E-state index contributed by atoms with van der Waals surface area (Å²) in [5.41, 5.74) is -0.253. The zero-order valence-corrected chi connectivity index (χ0v) is 14.0. The zero-order valence-electron chi connectivity index (χ0n) is 14.0. The van der Waals surface area contributed by atoms with Crippen molar-refractivity contribution in [2.45, 2.75) is 54.5 Å². The molecule has 1 saturated heterocycles. The van der Waals surface area contributed by atoms with Crippen molar-refractivity contribution >= 4 is 11.8 Å². The molecule has 1 aliphatic rings. The SMILES string of the molecule is CC(C)C(CN1CC(=O)NC(C(C)(C)C)C1=O)C(C)C. The molecule has 1 heterocycles. The topological polar surface area (TPSA) is 49.4 Å². The van der Waals surface area contributed by atoms with E-state index in [9.17, 15) is 9.59 Å².